The molecule has 16 nitrogen and oxygen atoms in total. The van der Waals surface area contributed by atoms with Crippen LogP contribution in [-0.4, -0.2) is 80.3 Å². The van der Waals surface area contributed by atoms with Crippen molar-refractivity contribution in [3.05, 3.63) is 139 Å². The van der Waals surface area contributed by atoms with E-state index in [-0.39, 0.29) is 23.0 Å². The lowest BCUT2D eigenvalue weighted by Crippen LogP contribution is -2.14. The summed E-state index contributed by atoms with van der Waals surface area (Å²) in [6, 6.07) is 11.7. The summed E-state index contributed by atoms with van der Waals surface area (Å²) in [6.07, 6.45) is 8.89. The van der Waals surface area contributed by atoms with E-state index in [1.165, 1.54) is 12.3 Å². The first kappa shape index (κ1) is 49.6. The van der Waals surface area contributed by atoms with Crippen LogP contribution in [0.4, 0.5) is 10.1 Å². The van der Waals surface area contributed by atoms with Gasteiger partial charge >= 0.3 is 11.9 Å². The van der Waals surface area contributed by atoms with Gasteiger partial charge in [-0.25, -0.2) is 14.0 Å². The third-order valence-corrected chi connectivity index (χ3v) is 9.77. The summed E-state index contributed by atoms with van der Waals surface area (Å²) in [5, 5.41) is 16.4. The minimum Gasteiger partial charge on any atom is -0.461 e. The molecule has 7 aromatic heterocycles. The molecule has 7 aromatic rings. The lowest BCUT2D eigenvalue weighted by atomic mass is 10.1. The maximum absolute atomic E-state index is 13.6. The molecule has 7 heterocycles. The normalized spacial score (nSPS) is 10.3. The summed E-state index contributed by atoms with van der Waals surface area (Å²) < 4.78 is 28.9. The highest BCUT2D eigenvalue weighted by molar-refractivity contribution is 9.10. The van der Waals surface area contributed by atoms with E-state index in [9.17, 15) is 18.8 Å². The molecule has 0 spiro atoms. The molecule has 0 aliphatic carbocycles. The maximum Gasteiger partial charge on any atom is 0.358 e. The van der Waals surface area contributed by atoms with E-state index >= 15 is 0 Å². The molecule has 0 saturated carbocycles. The average Bonchev–Trinajstić information content (AvgIpc) is 3.98. The summed E-state index contributed by atoms with van der Waals surface area (Å²) >= 11 is 20.9. The van der Waals surface area contributed by atoms with E-state index in [0.29, 0.717) is 39.7 Å². The first-order valence-corrected chi connectivity index (χ1v) is 20.7. The van der Waals surface area contributed by atoms with Crippen molar-refractivity contribution in [3.63, 3.8) is 0 Å². The largest absolute Gasteiger partial charge is 0.461 e. The van der Waals surface area contributed by atoms with Crippen LogP contribution < -0.4 is 5.32 Å². The van der Waals surface area contributed by atoms with Crippen molar-refractivity contribution < 1.29 is 28.2 Å². The molecular formula is C42H42BrCl3FN11O5. The lowest BCUT2D eigenvalue weighted by Gasteiger charge is -2.05. The maximum atomic E-state index is 13.6. The van der Waals surface area contributed by atoms with Gasteiger partial charge in [0.15, 0.2) is 22.9 Å². The van der Waals surface area contributed by atoms with Crippen LogP contribution in [0, 0.1) is 26.6 Å². The molecule has 0 saturated heterocycles. The van der Waals surface area contributed by atoms with Crippen molar-refractivity contribution in [2.24, 2.45) is 21.1 Å². The molecule has 0 aliphatic heterocycles. The number of esters is 2. The van der Waals surface area contributed by atoms with Crippen LogP contribution in [0.15, 0.2) is 84.1 Å². The number of nitrogens with zero attached hydrogens (tertiary/aromatic N) is 10. The van der Waals surface area contributed by atoms with Crippen LogP contribution in [0.2, 0.25) is 15.1 Å². The number of hydrogen-bond acceptors (Lipinski definition) is 12. The first-order valence-electron chi connectivity index (χ1n) is 18.8. The SMILES string of the molecule is CCOC(=O)c1cc(-c2cc(Cl)cnc2C)n(C)n1.CCOC(=O)c1ccn(C)n1.Cc1ncc(Cl)cc1-c1cc(C(=O)Nc2ccncc2F)nn1C.Cc1ncc(Cl)cc1Br. The molecule has 21 heteroatoms. The van der Waals surface area contributed by atoms with Crippen LogP contribution in [0.25, 0.3) is 22.5 Å². The van der Waals surface area contributed by atoms with Gasteiger partial charge in [-0.05, 0) is 93.0 Å². The van der Waals surface area contributed by atoms with E-state index in [2.05, 4.69) is 56.5 Å². The number of pyridine rings is 4. The van der Waals surface area contributed by atoms with Crippen molar-refractivity contribution in [1.82, 2.24) is 49.3 Å². The number of nitrogens with one attached hydrogen (secondary N) is 1. The zero-order chi connectivity index (χ0) is 46.4. The highest BCUT2D eigenvalue weighted by Gasteiger charge is 2.18. The first-order chi connectivity index (χ1) is 29.9. The zero-order valence-corrected chi connectivity index (χ0v) is 39.2. The van der Waals surface area contributed by atoms with Crippen molar-refractivity contribution in [2.45, 2.75) is 34.6 Å². The highest BCUT2D eigenvalue weighted by atomic mass is 79.9. The molecule has 0 aliphatic rings. The second-order valence-electron chi connectivity index (χ2n) is 13.0. The number of aryl methyl sites for hydroxylation is 6. The second kappa shape index (κ2) is 23.4. The molecule has 63 heavy (non-hydrogen) atoms. The fourth-order valence-electron chi connectivity index (χ4n) is 5.26. The molecule has 0 fully saturated rings. The number of rotatable bonds is 8. The molecule has 0 atom stereocenters. The number of carbonyl (C=O) groups is 3. The van der Waals surface area contributed by atoms with Gasteiger partial charge in [-0.15, -0.1) is 0 Å². The predicted molar refractivity (Wildman–Crippen MR) is 241 cm³/mol. The highest BCUT2D eigenvalue weighted by Crippen LogP contribution is 2.27. The Bertz CT molecular complexity index is 2710. The minimum atomic E-state index is -0.614. The summed E-state index contributed by atoms with van der Waals surface area (Å²) in [6.45, 7) is 9.86. The topological polar surface area (TPSA) is 187 Å². The van der Waals surface area contributed by atoms with E-state index in [1.807, 2.05) is 26.8 Å². The quantitative estimate of drug-likeness (QED) is 0.143. The molecule has 1 amide bonds. The standard InChI is InChI=1S/C16H13ClFN5O.C13H14ClN3O2.C7H10N2O2.C6H5BrClN/c1-9-11(5-10(17)7-20-9)15-6-14(22-23(15)2)16(24)21-13-3-4-19-8-12(13)18;1-4-19-13(18)11-6-12(17(3)16-11)10-5-9(14)7-15-8(10)2;1-3-11-7(10)6-4-5-9(2)8-6;1-4-6(7)2-5(8)3-9-4/h3-8H,1-2H3,(H,19,21,24);5-7H,4H2,1-3H3;4-5H,3H2,1-2H3;2-3H,1H3. The van der Waals surface area contributed by atoms with Crippen molar-refractivity contribution in [1.29, 1.82) is 0 Å². The molecule has 1 N–H and O–H groups in total. The van der Waals surface area contributed by atoms with Gasteiger partial charge in [-0.3, -0.25) is 38.8 Å². The number of anilines is 1. The summed E-state index contributed by atoms with van der Waals surface area (Å²) in [5.41, 5.74) is 6.44. The third kappa shape index (κ3) is 14.2. The Morgan fingerprint density at radius 2 is 1.17 bits per heavy atom. The summed E-state index contributed by atoms with van der Waals surface area (Å²) in [4.78, 5) is 50.9. The fraction of sp³-hybridized carbons (Fsp3) is 0.238. The number of amides is 1. The van der Waals surface area contributed by atoms with Crippen LogP contribution in [0.3, 0.4) is 0 Å². The Morgan fingerprint density at radius 1 is 0.683 bits per heavy atom. The van der Waals surface area contributed by atoms with Gasteiger partial charge in [0.2, 0.25) is 0 Å². The Balaban J connectivity index is 0.000000198. The molecule has 0 bridgehead atoms. The van der Waals surface area contributed by atoms with Crippen LogP contribution in [0.1, 0.15) is 62.4 Å². The van der Waals surface area contributed by atoms with E-state index in [4.69, 9.17) is 44.3 Å². The number of carbonyl (C=O) groups excluding carboxylic acids is 3. The summed E-state index contributed by atoms with van der Waals surface area (Å²) in [7, 11) is 5.22. The minimum absolute atomic E-state index is 0.0443. The number of hydrogen-bond donors (Lipinski definition) is 1. The second-order valence-corrected chi connectivity index (χ2v) is 15.2. The Kier molecular flexibility index (Phi) is 18.4. The van der Waals surface area contributed by atoms with Gasteiger partial charge in [0.05, 0.1) is 57.2 Å². The lowest BCUT2D eigenvalue weighted by molar-refractivity contribution is 0.0509. The molecule has 330 valence electrons. The van der Waals surface area contributed by atoms with Crippen molar-refractivity contribution in [3.8, 4) is 22.5 Å². The molecule has 0 radical (unpaired) electrons. The van der Waals surface area contributed by atoms with Gasteiger partial charge in [-0.1, -0.05) is 34.8 Å². The van der Waals surface area contributed by atoms with Gasteiger partial charge in [0, 0.05) is 79.1 Å². The van der Waals surface area contributed by atoms with Gasteiger partial charge < -0.3 is 14.8 Å². The zero-order valence-electron chi connectivity index (χ0n) is 35.3. The molecule has 0 unspecified atom stereocenters. The predicted octanol–water partition coefficient (Wildman–Crippen LogP) is 9.25. The monoisotopic (exact) mass is 983 g/mol. The Hall–Kier alpha value is -6.08. The van der Waals surface area contributed by atoms with Gasteiger partial charge in [0.25, 0.3) is 5.91 Å². The fourth-order valence-corrected chi connectivity index (χ4v) is 6.22. The van der Waals surface area contributed by atoms with E-state index in [1.54, 1.807) is 104 Å². The van der Waals surface area contributed by atoms with Crippen LogP contribution >= 0.6 is 50.7 Å². The number of aromatic nitrogens is 10. The Labute approximate surface area is 385 Å². The van der Waals surface area contributed by atoms with Crippen LogP contribution in [-0.2, 0) is 30.6 Å². The molecule has 0 aromatic carbocycles. The number of ether oxygens (including phenoxy) is 2. The van der Waals surface area contributed by atoms with Gasteiger partial charge in [-0.2, -0.15) is 15.3 Å². The number of halogens is 5. The van der Waals surface area contributed by atoms with Crippen molar-refractivity contribution in [2.75, 3.05) is 18.5 Å². The van der Waals surface area contributed by atoms with Crippen molar-refractivity contribution >= 4 is 74.3 Å². The molecular weight excluding hydrogens is 944 g/mol. The third-order valence-electron chi connectivity index (χ3n) is 8.35. The van der Waals surface area contributed by atoms with Gasteiger partial charge in [0.1, 0.15) is 0 Å². The average molecular weight is 986 g/mol. The Morgan fingerprint density at radius 3 is 1.65 bits per heavy atom. The summed E-state index contributed by atoms with van der Waals surface area (Å²) in [5.74, 6) is -1.93. The van der Waals surface area contributed by atoms with E-state index < -0.39 is 17.7 Å². The van der Waals surface area contributed by atoms with E-state index in [0.717, 1.165) is 44.6 Å². The van der Waals surface area contributed by atoms with Crippen LogP contribution in [0.5, 0.6) is 0 Å². The molecule has 7 rings (SSSR count). The smallest absolute Gasteiger partial charge is 0.358 e.